The van der Waals surface area contributed by atoms with E-state index in [0.717, 1.165) is 0 Å². The summed E-state index contributed by atoms with van der Waals surface area (Å²) < 4.78 is 5.27. The van der Waals surface area contributed by atoms with Gasteiger partial charge in [-0.2, -0.15) is 15.8 Å². The third-order valence-electron chi connectivity index (χ3n) is 3.17. The first kappa shape index (κ1) is 13.6. The van der Waals surface area contributed by atoms with Crippen LogP contribution in [0.25, 0.3) is 0 Å². The summed E-state index contributed by atoms with van der Waals surface area (Å²) in [4.78, 5) is 4.85. The molecule has 0 saturated carbocycles. The van der Waals surface area contributed by atoms with Gasteiger partial charge in [-0.25, -0.2) is 4.98 Å². The first-order chi connectivity index (χ1) is 9.72. The molecule has 1 aliphatic heterocycles. The van der Waals surface area contributed by atoms with Crippen molar-refractivity contribution in [3.8, 4) is 18.2 Å². The number of aromatic nitrogens is 1. The molecular formula is C13H13N6O+. The molecule has 1 aliphatic rings. The Morgan fingerprint density at radius 1 is 1.15 bits per heavy atom. The topological polar surface area (TPSA) is 124 Å². The summed E-state index contributed by atoms with van der Waals surface area (Å²) in [6.07, 6.45) is -0.0258. The molecule has 7 nitrogen and oxygen atoms in total. The van der Waals surface area contributed by atoms with Gasteiger partial charge in [-0.3, -0.25) is 4.90 Å². The van der Waals surface area contributed by atoms with Gasteiger partial charge in [-0.1, -0.05) is 0 Å². The minimum atomic E-state index is -0.0258. The predicted molar refractivity (Wildman–Crippen MR) is 69.2 cm³/mol. The molecule has 100 valence electrons. The highest BCUT2D eigenvalue weighted by Crippen LogP contribution is 2.25. The molecule has 1 fully saturated rings. The zero-order valence-corrected chi connectivity index (χ0v) is 10.8. The Morgan fingerprint density at radius 2 is 1.80 bits per heavy atom. The molecule has 0 radical (unpaired) electrons. The van der Waals surface area contributed by atoms with E-state index < -0.39 is 0 Å². The van der Waals surface area contributed by atoms with E-state index in [0.29, 0.717) is 43.2 Å². The van der Waals surface area contributed by atoms with E-state index in [4.69, 9.17) is 21.0 Å². The number of pyridine rings is 1. The van der Waals surface area contributed by atoms with Gasteiger partial charge < -0.3 is 10.5 Å². The number of hydrogen-bond donors (Lipinski definition) is 1. The Morgan fingerprint density at radius 3 is 2.35 bits per heavy atom. The van der Waals surface area contributed by atoms with Gasteiger partial charge in [-0.15, -0.1) is 0 Å². The Balaban J connectivity index is 2.61. The van der Waals surface area contributed by atoms with Crippen LogP contribution in [-0.2, 0) is 11.2 Å². The third kappa shape index (κ3) is 2.33. The SMILES string of the molecule is N#CCc1c(C#N)c(N)[nH+]c(N2CCOCC2)c1C#N. The van der Waals surface area contributed by atoms with Gasteiger partial charge in [0, 0.05) is 5.56 Å². The van der Waals surface area contributed by atoms with Crippen LogP contribution in [0.15, 0.2) is 0 Å². The number of nitrogens with one attached hydrogen (secondary N) is 1. The van der Waals surface area contributed by atoms with Gasteiger partial charge in [0.15, 0.2) is 0 Å². The van der Waals surface area contributed by atoms with E-state index in [1.807, 2.05) is 17.0 Å². The number of nitrogens with zero attached hydrogens (tertiary/aromatic N) is 4. The molecule has 0 atom stereocenters. The Hall–Kier alpha value is -2.82. The number of H-pyrrole nitrogens is 1. The predicted octanol–water partition coefficient (Wildman–Crippen LogP) is -0.271. The summed E-state index contributed by atoms with van der Waals surface area (Å²) >= 11 is 0. The second-order valence-corrected chi connectivity index (χ2v) is 4.27. The monoisotopic (exact) mass is 269 g/mol. The van der Waals surface area contributed by atoms with Crippen LogP contribution in [0.1, 0.15) is 16.7 Å². The van der Waals surface area contributed by atoms with E-state index in [1.54, 1.807) is 0 Å². The van der Waals surface area contributed by atoms with Crippen molar-refractivity contribution in [3.63, 3.8) is 0 Å². The van der Waals surface area contributed by atoms with E-state index in [9.17, 15) is 5.26 Å². The average molecular weight is 269 g/mol. The minimum Gasteiger partial charge on any atom is -0.375 e. The summed E-state index contributed by atoms with van der Waals surface area (Å²) in [5, 5.41) is 27.4. The highest BCUT2D eigenvalue weighted by molar-refractivity contribution is 5.64. The Labute approximate surface area is 116 Å². The number of morpholine rings is 1. The molecular weight excluding hydrogens is 256 g/mol. The van der Waals surface area contributed by atoms with Crippen molar-refractivity contribution in [2.45, 2.75) is 6.42 Å². The van der Waals surface area contributed by atoms with Crippen LogP contribution in [-0.4, -0.2) is 26.3 Å². The number of hydrogen-bond acceptors (Lipinski definition) is 6. The molecule has 2 rings (SSSR count). The number of nitrogens with two attached hydrogens (primary N) is 1. The third-order valence-corrected chi connectivity index (χ3v) is 3.17. The summed E-state index contributed by atoms with van der Waals surface area (Å²) in [6.45, 7) is 2.38. The van der Waals surface area contributed by atoms with E-state index in [1.165, 1.54) is 0 Å². The first-order valence-corrected chi connectivity index (χ1v) is 6.10. The maximum Gasteiger partial charge on any atom is 0.240 e. The van der Waals surface area contributed by atoms with Crippen LogP contribution in [0.5, 0.6) is 0 Å². The molecule has 0 unspecified atom stereocenters. The first-order valence-electron chi connectivity index (χ1n) is 6.10. The van der Waals surface area contributed by atoms with E-state index >= 15 is 0 Å². The highest BCUT2D eigenvalue weighted by Gasteiger charge is 2.27. The quantitative estimate of drug-likeness (QED) is 0.787. The summed E-state index contributed by atoms with van der Waals surface area (Å²) in [5.74, 6) is 0.732. The van der Waals surface area contributed by atoms with Crippen molar-refractivity contribution in [3.05, 3.63) is 16.7 Å². The Kier molecular flexibility index (Phi) is 4.00. The molecule has 0 aliphatic carbocycles. The fourth-order valence-electron chi connectivity index (χ4n) is 2.21. The van der Waals surface area contributed by atoms with Crippen LogP contribution < -0.4 is 15.6 Å². The molecule has 0 amide bonds. The van der Waals surface area contributed by atoms with Crippen molar-refractivity contribution < 1.29 is 9.72 Å². The molecule has 0 spiro atoms. The van der Waals surface area contributed by atoms with Crippen molar-refractivity contribution in [2.24, 2.45) is 0 Å². The fourth-order valence-corrected chi connectivity index (χ4v) is 2.21. The number of rotatable bonds is 2. The molecule has 1 saturated heterocycles. The van der Waals surface area contributed by atoms with Gasteiger partial charge in [0.25, 0.3) is 0 Å². The van der Waals surface area contributed by atoms with Crippen LogP contribution >= 0.6 is 0 Å². The highest BCUT2D eigenvalue weighted by atomic mass is 16.5. The molecule has 1 aromatic heterocycles. The lowest BCUT2D eigenvalue weighted by Crippen LogP contribution is -2.41. The smallest absolute Gasteiger partial charge is 0.240 e. The summed E-state index contributed by atoms with van der Waals surface area (Å²) in [7, 11) is 0. The number of nitrogen functional groups attached to an aromatic ring is 1. The number of ether oxygens (including phenoxy) is 1. The van der Waals surface area contributed by atoms with Crippen molar-refractivity contribution in [2.75, 3.05) is 36.9 Å². The molecule has 0 bridgehead atoms. The van der Waals surface area contributed by atoms with Gasteiger partial charge >= 0.3 is 0 Å². The fraction of sp³-hybridized carbons (Fsp3) is 0.385. The maximum atomic E-state index is 9.38. The second-order valence-electron chi connectivity index (χ2n) is 4.27. The van der Waals surface area contributed by atoms with Gasteiger partial charge in [0.05, 0.1) is 38.8 Å². The van der Waals surface area contributed by atoms with Crippen molar-refractivity contribution in [1.29, 1.82) is 15.8 Å². The van der Waals surface area contributed by atoms with Crippen LogP contribution in [0.4, 0.5) is 11.6 Å². The zero-order valence-electron chi connectivity index (χ0n) is 10.8. The van der Waals surface area contributed by atoms with Crippen LogP contribution in [0, 0.1) is 34.0 Å². The Bertz CT molecular complexity index is 643. The van der Waals surface area contributed by atoms with Gasteiger partial charge in [0.2, 0.25) is 11.6 Å². The van der Waals surface area contributed by atoms with Crippen LogP contribution in [0.3, 0.4) is 0 Å². The largest absolute Gasteiger partial charge is 0.375 e. The lowest BCUT2D eigenvalue weighted by molar-refractivity contribution is -0.347. The maximum absolute atomic E-state index is 9.38. The molecule has 20 heavy (non-hydrogen) atoms. The van der Waals surface area contributed by atoms with E-state index in [2.05, 4.69) is 11.1 Å². The zero-order chi connectivity index (χ0) is 14.5. The van der Waals surface area contributed by atoms with Gasteiger partial charge in [0.1, 0.15) is 23.3 Å². The number of anilines is 2. The lowest BCUT2D eigenvalue weighted by Gasteiger charge is -2.25. The number of nitriles is 3. The normalized spacial score (nSPS) is 14.2. The van der Waals surface area contributed by atoms with E-state index in [-0.39, 0.29) is 17.8 Å². The van der Waals surface area contributed by atoms with Gasteiger partial charge in [-0.05, 0) is 0 Å². The molecule has 0 aromatic carbocycles. The summed E-state index contributed by atoms with van der Waals surface area (Å²) in [5.41, 5.74) is 6.69. The average Bonchev–Trinajstić information content (AvgIpc) is 2.48. The summed E-state index contributed by atoms with van der Waals surface area (Å²) in [6, 6.07) is 6.00. The lowest BCUT2D eigenvalue weighted by atomic mass is 10.0. The molecule has 3 N–H and O–H groups in total. The number of aromatic amines is 1. The molecule has 1 aromatic rings. The molecule has 2 heterocycles. The van der Waals surface area contributed by atoms with Crippen molar-refractivity contribution >= 4 is 11.6 Å². The minimum absolute atomic E-state index is 0.0258. The second kappa shape index (κ2) is 5.88. The molecule has 7 heteroatoms. The standard InChI is InChI=1S/C13H12N6O/c14-2-1-9-10(7-15)12(17)18-13(11(9)8-16)19-3-5-20-6-4-19/h1,3-6H2,(H2,17,18)/p+1. The van der Waals surface area contributed by atoms with Crippen molar-refractivity contribution in [1.82, 2.24) is 0 Å². The van der Waals surface area contributed by atoms with Crippen LogP contribution in [0.2, 0.25) is 0 Å².